The van der Waals surface area contributed by atoms with Crippen molar-refractivity contribution < 1.29 is 9.47 Å². The van der Waals surface area contributed by atoms with Gasteiger partial charge in [0.1, 0.15) is 0 Å². The first-order chi connectivity index (χ1) is 8.15. The minimum absolute atomic E-state index is 0.211. The van der Waals surface area contributed by atoms with E-state index in [0.29, 0.717) is 12.1 Å². The van der Waals surface area contributed by atoms with Crippen LogP contribution in [0.5, 0.6) is 0 Å². The molecule has 0 bridgehead atoms. The van der Waals surface area contributed by atoms with Gasteiger partial charge in [-0.1, -0.05) is 20.3 Å². The van der Waals surface area contributed by atoms with Crippen LogP contribution in [0.15, 0.2) is 0 Å². The molecule has 2 rings (SSSR count). The van der Waals surface area contributed by atoms with Gasteiger partial charge in [0.05, 0.1) is 13.2 Å². The second kappa shape index (κ2) is 5.68. The predicted octanol–water partition coefficient (Wildman–Crippen LogP) is 2.70. The van der Waals surface area contributed by atoms with Crippen LogP contribution in [0.1, 0.15) is 52.9 Å². The zero-order valence-electron chi connectivity index (χ0n) is 11.5. The van der Waals surface area contributed by atoms with Crippen molar-refractivity contribution in [2.75, 3.05) is 13.2 Å². The van der Waals surface area contributed by atoms with Gasteiger partial charge < -0.3 is 14.8 Å². The highest BCUT2D eigenvalue weighted by atomic mass is 16.7. The summed E-state index contributed by atoms with van der Waals surface area (Å²) in [6.45, 7) is 8.45. The lowest BCUT2D eigenvalue weighted by Crippen LogP contribution is -2.46. The molecule has 2 unspecified atom stereocenters. The highest BCUT2D eigenvalue weighted by Gasteiger charge is 2.40. The fourth-order valence-electron chi connectivity index (χ4n) is 2.90. The summed E-state index contributed by atoms with van der Waals surface area (Å²) in [6, 6.07) is 1.27. The quantitative estimate of drug-likeness (QED) is 0.821. The number of hydrogen-bond acceptors (Lipinski definition) is 3. The third kappa shape index (κ3) is 3.21. The average Bonchev–Trinajstić information content (AvgIpc) is 2.80. The summed E-state index contributed by atoms with van der Waals surface area (Å²) in [5.74, 6) is 0.544. The molecule has 0 aromatic carbocycles. The molecule has 0 radical (unpaired) electrons. The fraction of sp³-hybridized carbons (Fsp3) is 1.00. The van der Waals surface area contributed by atoms with Gasteiger partial charge in [0.2, 0.25) is 0 Å². The van der Waals surface area contributed by atoms with Crippen molar-refractivity contribution in [1.29, 1.82) is 0 Å². The third-order valence-electron chi connectivity index (χ3n) is 4.56. The second-order valence-corrected chi connectivity index (χ2v) is 5.72. The van der Waals surface area contributed by atoms with E-state index in [2.05, 4.69) is 26.1 Å². The Labute approximate surface area is 105 Å². The molecular formula is C14H27NO2. The molecule has 2 atom stereocenters. The molecule has 1 aliphatic heterocycles. The van der Waals surface area contributed by atoms with Crippen molar-refractivity contribution in [3.8, 4) is 0 Å². The van der Waals surface area contributed by atoms with Crippen LogP contribution in [0, 0.1) is 5.92 Å². The number of nitrogens with one attached hydrogen (secondary N) is 1. The van der Waals surface area contributed by atoms with E-state index in [1.165, 1.54) is 19.3 Å². The molecule has 1 aliphatic carbocycles. The standard InChI is InChI=1S/C14H27NO2/c1-4-11(2)12(3)15-13-5-7-14(8-6-13)16-9-10-17-14/h11-13,15H,4-10H2,1-3H3. The predicted molar refractivity (Wildman–Crippen MR) is 68.9 cm³/mol. The van der Waals surface area contributed by atoms with E-state index in [9.17, 15) is 0 Å². The van der Waals surface area contributed by atoms with Crippen molar-refractivity contribution in [3.63, 3.8) is 0 Å². The topological polar surface area (TPSA) is 30.5 Å². The summed E-state index contributed by atoms with van der Waals surface area (Å²) >= 11 is 0. The lowest BCUT2D eigenvalue weighted by Gasteiger charge is -2.37. The monoisotopic (exact) mass is 241 g/mol. The fourth-order valence-corrected chi connectivity index (χ4v) is 2.90. The zero-order valence-corrected chi connectivity index (χ0v) is 11.5. The van der Waals surface area contributed by atoms with Crippen LogP contribution in [-0.2, 0) is 9.47 Å². The van der Waals surface area contributed by atoms with E-state index in [4.69, 9.17) is 9.47 Å². The summed E-state index contributed by atoms with van der Waals surface area (Å²) in [5, 5.41) is 3.76. The van der Waals surface area contributed by atoms with E-state index >= 15 is 0 Å². The molecule has 3 nitrogen and oxygen atoms in total. The van der Waals surface area contributed by atoms with E-state index in [1.807, 2.05) is 0 Å². The van der Waals surface area contributed by atoms with E-state index in [-0.39, 0.29) is 5.79 Å². The first kappa shape index (κ1) is 13.3. The Morgan fingerprint density at radius 1 is 1.18 bits per heavy atom. The van der Waals surface area contributed by atoms with E-state index in [0.717, 1.165) is 32.0 Å². The van der Waals surface area contributed by atoms with Crippen LogP contribution < -0.4 is 5.32 Å². The third-order valence-corrected chi connectivity index (χ3v) is 4.56. The molecule has 0 aromatic rings. The van der Waals surface area contributed by atoms with Crippen molar-refractivity contribution >= 4 is 0 Å². The normalized spacial score (nSPS) is 28.4. The minimum atomic E-state index is -0.211. The summed E-state index contributed by atoms with van der Waals surface area (Å²) < 4.78 is 11.5. The molecule has 100 valence electrons. The molecule has 3 heteroatoms. The molecule has 2 aliphatic rings. The molecule has 2 fully saturated rings. The van der Waals surface area contributed by atoms with Gasteiger partial charge in [-0.3, -0.25) is 0 Å². The van der Waals surface area contributed by atoms with E-state index in [1.54, 1.807) is 0 Å². The molecule has 1 heterocycles. The van der Waals surface area contributed by atoms with Crippen LogP contribution in [0.2, 0.25) is 0 Å². The molecule has 1 spiro atoms. The molecule has 0 aromatic heterocycles. The van der Waals surface area contributed by atoms with Gasteiger partial charge >= 0.3 is 0 Å². The maximum Gasteiger partial charge on any atom is 0.168 e. The average molecular weight is 241 g/mol. The lowest BCUT2D eigenvalue weighted by molar-refractivity contribution is -0.179. The summed E-state index contributed by atoms with van der Waals surface area (Å²) in [7, 11) is 0. The van der Waals surface area contributed by atoms with Gasteiger partial charge in [-0.05, 0) is 25.7 Å². The van der Waals surface area contributed by atoms with Crippen molar-refractivity contribution in [3.05, 3.63) is 0 Å². The SMILES string of the molecule is CCC(C)C(C)NC1CCC2(CC1)OCCO2. The molecule has 1 N–H and O–H groups in total. The maximum atomic E-state index is 5.75. The van der Waals surface area contributed by atoms with Crippen molar-refractivity contribution in [2.24, 2.45) is 5.92 Å². The molecule has 1 saturated heterocycles. The zero-order chi connectivity index (χ0) is 12.3. The van der Waals surface area contributed by atoms with Crippen LogP contribution >= 0.6 is 0 Å². The molecule has 0 amide bonds. The van der Waals surface area contributed by atoms with Crippen molar-refractivity contribution in [2.45, 2.75) is 70.7 Å². The van der Waals surface area contributed by atoms with Gasteiger partial charge in [0.25, 0.3) is 0 Å². The smallest absolute Gasteiger partial charge is 0.168 e. The summed E-state index contributed by atoms with van der Waals surface area (Å²) in [6.07, 6.45) is 5.72. The van der Waals surface area contributed by atoms with Gasteiger partial charge in [-0.2, -0.15) is 0 Å². The van der Waals surface area contributed by atoms with Crippen LogP contribution in [-0.4, -0.2) is 31.1 Å². The molecule has 17 heavy (non-hydrogen) atoms. The summed E-state index contributed by atoms with van der Waals surface area (Å²) in [4.78, 5) is 0. The second-order valence-electron chi connectivity index (χ2n) is 5.72. The largest absolute Gasteiger partial charge is 0.348 e. The Morgan fingerprint density at radius 3 is 2.29 bits per heavy atom. The Hall–Kier alpha value is -0.120. The van der Waals surface area contributed by atoms with Crippen LogP contribution in [0.25, 0.3) is 0 Å². The van der Waals surface area contributed by atoms with Gasteiger partial charge in [-0.15, -0.1) is 0 Å². The van der Waals surface area contributed by atoms with Gasteiger partial charge in [0, 0.05) is 24.9 Å². The maximum absolute atomic E-state index is 5.75. The Bertz CT molecular complexity index is 228. The molecular weight excluding hydrogens is 214 g/mol. The number of ether oxygens (including phenoxy) is 2. The van der Waals surface area contributed by atoms with E-state index < -0.39 is 0 Å². The highest BCUT2D eigenvalue weighted by molar-refractivity contribution is 4.87. The van der Waals surface area contributed by atoms with Gasteiger partial charge in [-0.25, -0.2) is 0 Å². The Morgan fingerprint density at radius 2 is 1.76 bits per heavy atom. The molecule has 1 saturated carbocycles. The Kier molecular flexibility index (Phi) is 4.45. The van der Waals surface area contributed by atoms with Gasteiger partial charge in [0.15, 0.2) is 5.79 Å². The number of hydrogen-bond donors (Lipinski definition) is 1. The van der Waals surface area contributed by atoms with Crippen LogP contribution in [0.4, 0.5) is 0 Å². The first-order valence-electron chi connectivity index (χ1n) is 7.19. The Balaban J connectivity index is 1.75. The first-order valence-corrected chi connectivity index (χ1v) is 7.19. The van der Waals surface area contributed by atoms with Crippen molar-refractivity contribution in [1.82, 2.24) is 5.32 Å². The lowest BCUT2D eigenvalue weighted by atomic mass is 9.88. The highest BCUT2D eigenvalue weighted by Crippen LogP contribution is 2.35. The van der Waals surface area contributed by atoms with Crippen LogP contribution in [0.3, 0.4) is 0 Å². The minimum Gasteiger partial charge on any atom is -0.348 e. The summed E-state index contributed by atoms with van der Waals surface area (Å²) in [5.41, 5.74) is 0. The number of rotatable bonds is 4.